The number of guanidine groups is 1. The predicted octanol–water partition coefficient (Wildman–Crippen LogP) is 6.46. The molecule has 1 unspecified atom stereocenters. The van der Waals surface area contributed by atoms with Gasteiger partial charge in [-0.05, 0) is 48.9 Å². The monoisotopic (exact) mass is 449 g/mol. The zero-order valence-corrected chi connectivity index (χ0v) is 18.0. The number of hydrogen-bond acceptors (Lipinski definition) is 6. The number of nitrogens with zero attached hydrogens (tertiary/aromatic N) is 4. The number of pyridine rings is 1. The summed E-state index contributed by atoms with van der Waals surface area (Å²) in [5.41, 5.74) is 3.28. The van der Waals surface area contributed by atoms with E-state index in [1.165, 1.54) is 0 Å². The normalized spacial score (nSPS) is 16.2. The molecule has 0 spiro atoms. The summed E-state index contributed by atoms with van der Waals surface area (Å²) in [6.45, 7) is 1.99. The number of aliphatic imine (C=N–C) groups is 1. The quantitative estimate of drug-likeness (QED) is 0.388. The van der Waals surface area contributed by atoms with E-state index in [0.29, 0.717) is 33.4 Å². The molecule has 2 aromatic carbocycles. The Labute approximate surface area is 188 Å². The number of fused-ring (bicyclic) bond motifs is 1. The lowest BCUT2D eigenvalue weighted by molar-refractivity contribution is 0.623. The Kier molecular flexibility index (Phi) is 5.10. The van der Waals surface area contributed by atoms with Crippen LogP contribution in [0.4, 0.5) is 11.8 Å². The molecule has 1 aliphatic heterocycles. The first-order chi connectivity index (χ1) is 15.1. The lowest BCUT2D eigenvalue weighted by Crippen LogP contribution is -2.38. The highest BCUT2D eigenvalue weighted by Gasteiger charge is 2.27. The zero-order valence-electron chi connectivity index (χ0n) is 16.5. The van der Waals surface area contributed by atoms with Gasteiger partial charge in [0.15, 0.2) is 5.58 Å². The minimum atomic E-state index is -0.274. The number of rotatable bonds is 3. The fourth-order valence-electron chi connectivity index (χ4n) is 3.47. The van der Waals surface area contributed by atoms with Gasteiger partial charge >= 0.3 is 6.01 Å². The van der Waals surface area contributed by atoms with Gasteiger partial charge in [-0.1, -0.05) is 53.5 Å². The first-order valence-electron chi connectivity index (χ1n) is 9.63. The molecule has 1 atom stereocenters. The molecule has 0 saturated heterocycles. The van der Waals surface area contributed by atoms with Gasteiger partial charge in [-0.2, -0.15) is 4.98 Å². The van der Waals surface area contributed by atoms with E-state index in [1.54, 1.807) is 12.3 Å². The lowest BCUT2D eigenvalue weighted by Gasteiger charge is -2.31. The number of nitrogens with one attached hydrogen (secondary N) is 1. The van der Waals surface area contributed by atoms with Crippen molar-refractivity contribution in [1.29, 1.82) is 0 Å². The molecule has 0 fully saturated rings. The number of aromatic nitrogens is 2. The van der Waals surface area contributed by atoms with Crippen molar-refractivity contribution in [2.75, 3.05) is 10.2 Å². The van der Waals surface area contributed by atoms with Crippen LogP contribution in [-0.2, 0) is 0 Å². The summed E-state index contributed by atoms with van der Waals surface area (Å²) < 4.78 is 5.86. The van der Waals surface area contributed by atoms with E-state index in [0.717, 1.165) is 16.8 Å². The smallest absolute Gasteiger partial charge is 0.302 e. The molecule has 0 bridgehead atoms. The van der Waals surface area contributed by atoms with Gasteiger partial charge < -0.3 is 4.42 Å². The van der Waals surface area contributed by atoms with Crippen LogP contribution >= 0.6 is 23.2 Å². The second-order valence-corrected chi connectivity index (χ2v) is 7.85. The standard InChI is InChI=1S/C23H17Cl2N5O/c1-14-12-19(16-6-2-3-7-17(16)25)27-22(30(14)21-11-10-15(24)13-26-21)29-23-28-18-8-4-5-9-20(18)31-23/h2-13,19H,1H3,(H,27,28,29). The Hall–Kier alpha value is -3.35. The van der Waals surface area contributed by atoms with Gasteiger partial charge in [0, 0.05) is 16.9 Å². The van der Waals surface area contributed by atoms with Gasteiger partial charge in [-0.15, -0.1) is 0 Å². The summed E-state index contributed by atoms with van der Waals surface area (Å²) in [6, 6.07) is 18.9. The fourth-order valence-corrected chi connectivity index (χ4v) is 3.83. The molecule has 0 radical (unpaired) electrons. The van der Waals surface area contributed by atoms with Crippen LogP contribution in [0.1, 0.15) is 18.5 Å². The van der Waals surface area contributed by atoms with E-state index in [4.69, 9.17) is 32.6 Å². The number of para-hydroxylation sites is 2. The minimum absolute atomic E-state index is 0.274. The highest BCUT2D eigenvalue weighted by atomic mass is 35.5. The molecule has 1 aliphatic rings. The van der Waals surface area contributed by atoms with Crippen molar-refractivity contribution in [3.63, 3.8) is 0 Å². The molecule has 2 aromatic heterocycles. The van der Waals surface area contributed by atoms with Gasteiger partial charge in [0.05, 0.1) is 5.02 Å². The number of anilines is 2. The van der Waals surface area contributed by atoms with E-state index < -0.39 is 0 Å². The maximum absolute atomic E-state index is 6.45. The molecular formula is C23H17Cl2N5O. The third kappa shape index (κ3) is 3.87. The maximum Gasteiger partial charge on any atom is 0.302 e. The van der Waals surface area contributed by atoms with Crippen molar-refractivity contribution < 1.29 is 4.42 Å². The maximum atomic E-state index is 6.45. The van der Waals surface area contributed by atoms with Crippen LogP contribution in [0.3, 0.4) is 0 Å². The van der Waals surface area contributed by atoms with Crippen LogP contribution in [0.15, 0.2) is 88.0 Å². The van der Waals surface area contributed by atoms with E-state index in [-0.39, 0.29) is 6.04 Å². The molecule has 3 heterocycles. The Morgan fingerprint density at radius 2 is 1.81 bits per heavy atom. The van der Waals surface area contributed by atoms with Crippen molar-refractivity contribution in [2.24, 2.45) is 4.99 Å². The average molecular weight is 450 g/mol. The van der Waals surface area contributed by atoms with Crippen molar-refractivity contribution in [2.45, 2.75) is 13.0 Å². The SMILES string of the molecule is CC1=CC(c2ccccc2Cl)N=C(Nc2nc3ccccc3o2)N1c1ccc(Cl)cn1. The summed E-state index contributed by atoms with van der Waals surface area (Å²) >= 11 is 12.5. The molecule has 31 heavy (non-hydrogen) atoms. The molecular weight excluding hydrogens is 433 g/mol. The second kappa shape index (κ2) is 8.06. The summed E-state index contributed by atoms with van der Waals surface area (Å²) in [5, 5.41) is 4.43. The highest BCUT2D eigenvalue weighted by Crippen LogP contribution is 2.33. The molecule has 0 amide bonds. The van der Waals surface area contributed by atoms with Gasteiger partial charge in [-0.3, -0.25) is 10.2 Å². The number of oxazole rings is 1. The minimum Gasteiger partial charge on any atom is -0.423 e. The number of halogens is 2. The van der Waals surface area contributed by atoms with E-state index in [9.17, 15) is 0 Å². The van der Waals surface area contributed by atoms with Gasteiger partial charge in [0.2, 0.25) is 5.96 Å². The van der Waals surface area contributed by atoms with Crippen LogP contribution in [0, 0.1) is 0 Å². The molecule has 0 aliphatic carbocycles. The van der Waals surface area contributed by atoms with Crippen LogP contribution in [0.2, 0.25) is 10.0 Å². The third-order valence-electron chi connectivity index (χ3n) is 4.90. The van der Waals surface area contributed by atoms with Crippen LogP contribution in [0.5, 0.6) is 0 Å². The Balaban J connectivity index is 1.58. The van der Waals surface area contributed by atoms with Gasteiger partial charge in [0.25, 0.3) is 0 Å². The number of allylic oxidation sites excluding steroid dienone is 1. The number of benzene rings is 2. The third-order valence-corrected chi connectivity index (χ3v) is 5.47. The van der Waals surface area contributed by atoms with Crippen LogP contribution in [-0.4, -0.2) is 15.9 Å². The molecule has 1 N–H and O–H groups in total. The summed E-state index contributed by atoms with van der Waals surface area (Å²) in [7, 11) is 0. The molecule has 0 saturated carbocycles. The van der Waals surface area contributed by atoms with Crippen molar-refractivity contribution in [1.82, 2.24) is 9.97 Å². The average Bonchev–Trinajstić information content (AvgIpc) is 3.17. The van der Waals surface area contributed by atoms with Crippen LogP contribution in [0.25, 0.3) is 11.1 Å². The first kappa shape index (κ1) is 19.6. The highest BCUT2D eigenvalue weighted by molar-refractivity contribution is 6.31. The zero-order chi connectivity index (χ0) is 21.4. The Bertz CT molecular complexity index is 1280. The lowest BCUT2D eigenvalue weighted by atomic mass is 10.0. The Morgan fingerprint density at radius 1 is 1.00 bits per heavy atom. The summed E-state index contributed by atoms with van der Waals surface area (Å²) in [5.74, 6) is 1.18. The molecule has 4 aromatic rings. The van der Waals surface area contributed by atoms with Crippen LogP contribution < -0.4 is 10.2 Å². The molecule has 8 heteroatoms. The Morgan fingerprint density at radius 3 is 2.58 bits per heavy atom. The second-order valence-electron chi connectivity index (χ2n) is 7.01. The molecule has 5 rings (SSSR count). The van der Waals surface area contributed by atoms with Crippen molar-refractivity contribution in [3.8, 4) is 0 Å². The van der Waals surface area contributed by atoms with Gasteiger partial charge in [0.1, 0.15) is 17.4 Å². The van der Waals surface area contributed by atoms with Gasteiger partial charge in [-0.25, -0.2) is 9.98 Å². The summed E-state index contributed by atoms with van der Waals surface area (Å²) in [6.07, 6.45) is 3.64. The number of hydrogen-bond donors (Lipinski definition) is 1. The topological polar surface area (TPSA) is 66.6 Å². The van der Waals surface area contributed by atoms with Crippen molar-refractivity contribution >= 4 is 52.1 Å². The predicted molar refractivity (Wildman–Crippen MR) is 125 cm³/mol. The molecule has 154 valence electrons. The largest absolute Gasteiger partial charge is 0.423 e. The first-order valence-corrected chi connectivity index (χ1v) is 10.4. The van der Waals surface area contributed by atoms with Crippen molar-refractivity contribution in [3.05, 3.63) is 94.2 Å². The van der Waals surface area contributed by atoms with E-state index in [2.05, 4.69) is 15.3 Å². The fraction of sp³-hybridized carbons (Fsp3) is 0.0870. The van der Waals surface area contributed by atoms with E-state index >= 15 is 0 Å². The summed E-state index contributed by atoms with van der Waals surface area (Å²) in [4.78, 5) is 15.8. The van der Waals surface area contributed by atoms with E-state index in [1.807, 2.05) is 72.5 Å². The molecule has 6 nitrogen and oxygen atoms in total.